The van der Waals surface area contributed by atoms with Crippen molar-refractivity contribution in [3.63, 3.8) is 0 Å². The van der Waals surface area contributed by atoms with Gasteiger partial charge in [0.1, 0.15) is 12.7 Å². The second-order valence-corrected chi connectivity index (χ2v) is 5.94. The standard InChI is InChI=1S/C16H22N2O3.2ClH/c17-16(19)8-12-4-3-7-18(9-12)10-13-11-20-14-5-1-2-6-15(14)21-13;;/h1-2,5-6,12-13H,3-4,7-11H2,(H2,17,19);2*1H/t12-,13-;;/m0../s1. The molecule has 1 amide bonds. The molecule has 2 heterocycles. The third-order valence-electron chi connectivity index (χ3n) is 4.12. The highest BCUT2D eigenvalue weighted by molar-refractivity contribution is 5.85. The molecule has 1 saturated heterocycles. The number of benzene rings is 1. The van der Waals surface area contributed by atoms with Crippen molar-refractivity contribution in [3.05, 3.63) is 24.3 Å². The Morgan fingerprint density at radius 3 is 2.74 bits per heavy atom. The van der Waals surface area contributed by atoms with Gasteiger partial charge in [-0.3, -0.25) is 9.69 Å². The number of nitrogens with zero attached hydrogens (tertiary/aromatic N) is 1. The minimum atomic E-state index is -0.201. The van der Waals surface area contributed by atoms with Crippen molar-refractivity contribution in [2.45, 2.75) is 25.4 Å². The molecule has 7 heteroatoms. The van der Waals surface area contributed by atoms with Crippen molar-refractivity contribution in [3.8, 4) is 11.5 Å². The van der Waals surface area contributed by atoms with E-state index >= 15 is 0 Å². The lowest BCUT2D eigenvalue weighted by Gasteiger charge is -2.36. The van der Waals surface area contributed by atoms with E-state index in [0.29, 0.717) is 18.9 Å². The summed E-state index contributed by atoms with van der Waals surface area (Å²) in [5, 5.41) is 0. The fourth-order valence-electron chi connectivity index (χ4n) is 3.21. The first kappa shape index (κ1) is 19.9. The predicted octanol–water partition coefficient (Wildman–Crippen LogP) is 2.26. The number of fused-ring (bicyclic) bond motifs is 1. The lowest BCUT2D eigenvalue weighted by molar-refractivity contribution is -0.119. The van der Waals surface area contributed by atoms with E-state index in [0.717, 1.165) is 44.0 Å². The lowest BCUT2D eigenvalue weighted by Crippen LogP contribution is -2.45. The number of hydrogen-bond acceptors (Lipinski definition) is 4. The first-order valence-corrected chi connectivity index (χ1v) is 7.60. The highest BCUT2D eigenvalue weighted by atomic mass is 35.5. The zero-order valence-corrected chi connectivity index (χ0v) is 14.6. The smallest absolute Gasteiger partial charge is 0.217 e. The predicted molar refractivity (Wildman–Crippen MR) is 93.8 cm³/mol. The topological polar surface area (TPSA) is 64.8 Å². The second-order valence-electron chi connectivity index (χ2n) is 5.94. The van der Waals surface area contributed by atoms with Gasteiger partial charge in [0.15, 0.2) is 11.5 Å². The summed E-state index contributed by atoms with van der Waals surface area (Å²) in [6.07, 6.45) is 2.74. The second kappa shape index (κ2) is 9.21. The van der Waals surface area contributed by atoms with E-state index < -0.39 is 0 Å². The molecule has 0 bridgehead atoms. The molecule has 1 aromatic rings. The Morgan fingerprint density at radius 1 is 1.26 bits per heavy atom. The number of para-hydroxylation sites is 2. The van der Waals surface area contributed by atoms with Crippen LogP contribution in [0.15, 0.2) is 24.3 Å². The van der Waals surface area contributed by atoms with Crippen molar-refractivity contribution in [1.29, 1.82) is 0 Å². The Kier molecular flexibility index (Phi) is 7.95. The number of halogens is 2. The molecular formula is C16H24Cl2N2O3. The molecule has 2 atom stereocenters. The lowest BCUT2D eigenvalue weighted by atomic mass is 9.94. The maximum Gasteiger partial charge on any atom is 0.217 e. The van der Waals surface area contributed by atoms with Gasteiger partial charge in [-0.15, -0.1) is 24.8 Å². The van der Waals surface area contributed by atoms with Gasteiger partial charge in [0.25, 0.3) is 0 Å². The van der Waals surface area contributed by atoms with Gasteiger partial charge in [0.2, 0.25) is 5.91 Å². The molecule has 0 radical (unpaired) electrons. The Morgan fingerprint density at radius 2 is 2.00 bits per heavy atom. The van der Waals surface area contributed by atoms with Crippen LogP contribution in [0, 0.1) is 5.92 Å². The normalized spacial score (nSPS) is 23.3. The van der Waals surface area contributed by atoms with Gasteiger partial charge < -0.3 is 15.2 Å². The maximum atomic E-state index is 11.1. The molecule has 0 aromatic heterocycles. The van der Waals surface area contributed by atoms with Crippen LogP contribution in [0.1, 0.15) is 19.3 Å². The number of hydrogen-bond donors (Lipinski definition) is 1. The SMILES string of the molecule is Cl.Cl.NC(=O)C[C@@H]1CCCN(C[C@H]2COc3ccccc3O2)C1. The van der Waals surface area contributed by atoms with Gasteiger partial charge in [-0.25, -0.2) is 0 Å². The molecule has 0 saturated carbocycles. The molecule has 0 aliphatic carbocycles. The quantitative estimate of drug-likeness (QED) is 0.891. The van der Waals surface area contributed by atoms with Crippen LogP contribution >= 0.6 is 24.8 Å². The van der Waals surface area contributed by atoms with Gasteiger partial charge in [0, 0.05) is 19.5 Å². The van der Waals surface area contributed by atoms with E-state index in [1.165, 1.54) is 0 Å². The summed E-state index contributed by atoms with van der Waals surface area (Å²) in [7, 11) is 0. The Hall–Kier alpha value is -1.17. The molecular weight excluding hydrogens is 339 g/mol. The van der Waals surface area contributed by atoms with Crippen LogP contribution in [0.5, 0.6) is 11.5 Å². The van der Waals surface area contributed by atoms with E-state index in [1.807, 2.05) is 24.3 Å². The summed E-state index contributed by atoms with van der Waals surface area (Å²) in [5.74, 6) is 1.82. The van der Waals surface area contributed by atoms with Crippen molar-refractivity contribution in [2.24, 2.45) is 11.7 Å². The average Bonchev–Trinajstić information content (AvgIpc) is 2.47. The fraction of sp³-hybridized carbons (Fsp3) is 0.562. The summed E-state index contributed by atoms with van der Waals surface area (Å²) in [6, 6.07) is 7.76. The summed E-state index contributed by atoms with van der Waals surface area (Å²) in [5.41, 5.74) is 5.30. The van der Waals surface area contributed by atoms with Gasteiger partial charge in [-0.05, 0) is 37.4 Å². The number of primary amides is 1. The minimum Gasteiger partial charge on any atom is -0.486 e. The summed E-state index contributed by atoms with van der Waals surface area (Å²) in [4.78, 5) is 13.4. The highest BCUT2D eigenvalue weighted by Gasteiger charge is 2.27. The van der Waals surface area contributed by atoms with Gasteiger partial charge >= 0.3 is 0 Å². The number of likely N-dealkylation sites (tertiary alicyclic amines) is 1. The molecule has 5 nitrogen and oxygen atoms in total. The zero-order chi connectivity index (χ0) is 14.7. The van der Waals surface area contributed by atoms with Gasteiger partial charge in [-0.1, -0.05) is 12.1 Å². The third-order valence-corrected chi connectivity index (χ3v) is 4.12. The molecule has 3 rings (SSSR count). The zero-order valence-electron chi connectivity index (χ0n) is 13.0. The number of piperidine rings is 1. The van der Waals surface area contributed by atoms with E-state index in [1.54, 1.807) is 0 Å². The van der Waals surface area contributed by atoms with E-state index in [4.69, 9.17) is 15.2 Å². The van der Waals surface area contributed by atoms with Crippen LogP contribution in [0.3, 0.4) is 0 Å². The van der Waals surface area contributed by atoms with Crippen LogP contribution in [-0.2, 0) is 4.79 Å². The number of nitrogens with two attached hydrogens (primary N) is 1. The number of ether oxygens (including phenoxy) is 2. The molecule has 2 aliphatic heterocycles. The number of amides is 1. The third kappa shape index (κ3) is 5.44. The molecule has 130 valence electrons. The molecule has 0 spiro atoms. The average molecular weight is 363 g/mol. The molecule has 2 N–H and O–H groups in total. The van der Waals surface area contributed by atoms with E-state index in [9.17, 15) is 4.79 Å². The Bertz CT molecular complexity index is 516. The minimum absolute atomic E-state index is 0. The summed E-state index contributed by atoms with van der Waals surface area (Å²) < 4.78 is 11.7. The van der Waals surface area contributed by atoms with Crippen LogP contribution in [0.25, 0.3) is 0 Å². The molecule has 23 heavy (non-hydrogen) atoms. The first-order chi connectivity index (χ1) is 10.2. The number of carbonyl (C=O) groups excluding carboxylic acids is 1. The number of carbonyl (C=O) groups is 1. The van der Waals surface area contributed by atoms with Crippen LogP contribution < -0.4 is 15.2 Å². The van der Waals surface area contributed by atoms with Crippen LogP contribution in [0.4, 0.5) is 0 Å². The molecule has 0 unspecified atom stereocenters. The van der Waals surface area contributed by atoms with Crippen LogP contribution in [0.2, 0.25) is 0 Å². The maximum absolute atomic E-state index is 11.1. The van der Waals surface area contributed by atoms with Crippen molar-refractivity contribution < 1.29 is 14.3 Å². The highest BCUT2D eigenvalue weighted by Crippen LogP contribution is 2.31. The van der Waals surface area contributed by atoms with E-state index in [-0.39, 0.29) is 36.8 Å². The van der Waals surface area contributed by atoms with E-state index in [2.05, 4.69) is 4.90 Å². The van der Waals surface area contributed by atoms with Crippen LogP contribution in [-0.4, -0.2) is 43.2 Å². The van der Waals surface area contributed by atoms with Gasteiger partial charge in [-0.2, -0.15) is 0 Å². The molecule has 1 aromatic carbocycles. The monoisotopic (exact) mass is 362 g/mol. The largest absolute Gasteiger partial charge is 0.486 e. The number of rotatable bonds is 4. The van der Waals surface area contributed by atoms with Crippen molar-refractivity contribution >= 4 is 30.7 Å². The fourth-order valence-corrected chi connectivity index (χ4v) is 3.21. The van der Waals surface area contributed by atoms with Crippen molar-refractivity contribution in [1.82, 2.24) is 4.90 Å². The van der Waals surface area contributed by atoms with Crippen molar-refractivity contribution in [2.75, 3.05) is 26.2 Å². The Labute approximate surface area is 149 Å². The molecule has 1 fully saturated rings. The van der Waals surface area contributed by atoms with Gasteiger partial charge in [0.05, 0.1) is 0 Å². The molecule has 2 aliphatic rings. The summed E-state index contributed by atoms with van der Waals surface area (Å²) in [6.45, 7) is 3.39. The Balaban J connectivity index is 0.00000132. The first-order valence-electron chi connectivity index (χ1n) is 7.60. The summed E-state index contributed by atoms with van der Waals surface area (Å²) >= 11 is 0.